The molecule has 3 rings (SSSR count). The van der Waals surface area contributed by atoms with Crippen molar-refractivity contribution >= 4 is 23.2 Å². The summed E-state index contributed by atoms with van der Waals surface area (Å²) in [4.78, 5) is 14.5. The lowest BCUT2D eigenvalue weighted by molar-refractivity contribution is -0.117. The highest BCUT2D eigenvalue weighted by atomic mass is 35.5. The van der Waals surface area contributed by atoms with E-state index in [4.69, 9.17) is 16.3 Å². The first-order valence-electron chi connectivity index (χ1n) is 9.88. The van der Waals surface area contributed by atoms with E-state index in [-0.39, 0.29) is 19.1 Å². The molecule has 1 aromatic heterocycles. The maximum absolute atomic E-state index is 12.4. The van der Waals surface area contributed by atoms with Gasteiger partial charge in [-0.05, 0) is 57.4 Å². The first-order chi connectivity index (χ1) is 13.7. The van der Waals surface area contributed by atoms with Crippen LogP contribution in [0.5, 0.6) is 5.75 Å². The first kappa shape index (κ1) is 21.6. The van der Waals surface area contributed by atoms with E-state index in [1.165, 1.54) is 0 Å². The summed E-state index contributed by atoms with van der Waals surface area (Å²) >= 11 is 6.19. The Balaban J connectivity index is 1.51. The van der Waals surface area contributed by atoms with Gasteiger partial charge in [-0.1, -0.05) is 17.7 Å². The first-order valence-corrected chi connectivity index (χ1v) is 10.3. The zero-order valence-corrected chi connectivity index (χ0v) is 18.0. The van der Waals surface area contributed by atoms with Gasteiger partial charge in [0, 0.05) is 19.8 Å². The Bertz CT molecular complexity index is 870. The van der Waals surface area contributed by atoms with Crippen molar-refractivity contribution in [3.63, 3.8) is 0 Å². The SMILES string of the molecule is Cc1ccc(Cl)c(OCC2(O)CCCN(CC(=O)Nc3cn(C)nc3C)CC2)c1. The third-order valence-corrected chi connectivity index (χ3v) is 5.56. The molecule has 8 heteroatoms. The van der Waals surface area contributed by atoms with E-state index in [0.717, 1.165) is 29.9 Å². The van der Waals surface area contributed by atoms with Gasteiger partial charge in [0.15, 0.2) is 0 Å². The molecule has 158 valence electrons. The lowest BCUT2D eigenvalue weighted by Crippen LogP contribution is -2.38. The van der Waals surface area contributed by atoms with Crippen LogP contribution in [0.4, 0.5) is 5.69 Å². The lowest BCUT2D eigenvalue weighted by atomic mass is 9.96. The van der Waals surface area contributed by atoms with Gasteiger partial charge in [0.25, 0.3) is 0 Å². The Kier molecular flexibility index (Phi) is 6.82. The van der Waals surface area contributed by atoms with Gasteiger partial charge in [-0.3, -0.25) is 14.4 Å². The van der Waals surface area contributed by atoms with Gasteiger partial charge in [0.2, 0.25) is 5.91 Å². The molecular formula is C21H29ClN4O3. The molecule has 1 amide bonds. The van der Waals surface area contributed by atoms with E-state index < -0.39 is 5.60 Å². The highest BCUT2D eigenvalue weighted by molar-refractivity contribution is 6.32. The molecule has 2 heterocycles. The third-order valence-electron chi connectivity index (χ3n) is 5.25. The van der Waals surface area contributed by atoms with E-state index in [0.29, 0.717) is 30.2 Å². The average molecular weight is 421 g/mol. The molecule has 1 saturated heterocycles. The van der Waals surface area contributed by atoms with Crippen LogP contribution in [0.25, 0.3) is 0 Å². The van der Waals surface area contributed by atoms with Crippen LogP contribution in [0, 0.1) is 13.8 Å². The van der Waals surface area contributed by atoms with Crippen molar-refractivity contribution in [2.45, 2.75) is 38.7 Å². The number of hydrogen-bond donors (Lipinski definition) is 2. The number of carbonyl (C=O) groups excluding carboxylic acids is 1. The number of aromatic nitrogens is 2. The predicted octanol–water partition coefficient (Wildman–Crippen LogP) is 2.92. The molecule has 1 unspecified atom stereocenters. The smallest absolute Gasteiger partial charge is 0.238 e. The molecule has 0 saturated carbocycles. The number of aliphatic hydroxyl groups is 1. The van der Waals surface area contributed by atoms with Crippen molar-refractivity contribution in [3.05, 3.63) is 40.7 Å². The van der Waals surface area contributed by atoms with Gasteiger partial charge in [-0.25, -0.2) is 0 Å². The van der Waals surface area contributed by atoms with Crippen LogP contribution in [-0.2, 0) is 11.8 Å². The van der Waals surface area contributed by atoms with Gasteiger partial charge >= 0.3 is 0 Å². The topological polar surface area (TPSA) is 79.6 Å². The second kappa shape index (κ2) is 9.15. The van der Waals surface area contributed by atoms with Crippen LogP contribution in [0.15, 0.2) is 24.4 Å². The van der Waals surface area contributed by atoms with Crippen LogP contribution in [0.1, 0.15) is 30.5 Å². The Morgan fingerprint density at radius 2 is 2.14 bits per heavy atom. The maximum atomic E-state index is 12.4. The fourth-order valence-corrected chi connectivity index (χ4v) is 3.76. The average Bonchev–Trinajstić information content (AvgIpc) is 2.85. The monoisotopic (exact) mass is 420 g/mol. The number of amides is 1. The largest absolute Gasteiger partial charge is 0.489 e. The minimum absolute atomic E-state index is 0.0747. The Morgan fingerprint density at radius 3 is 2.86 bits per heavy atom. The van der Waals surface area contributed by atoms with Crippen molar-refractivity contribution in [1.29, 1.82) is 0 Å². The van der Waals surface area contributed by atoms with Crippen LogP contribution < -0.4 is 10.1 Å². The minimum Gasteiger partial charge on any atom is -0.489 e. The molecule has 7 nitrogen and oxygen atoms in total. The number of ether oxygens (including phenoxy) is 1. The fraction of sp³-hybridized carbons (Fsp3) is 0.524. The second-order valence-electron chi connectivity index (χ2n) is 7.93. The molecule has 1 atom stereocenters. The van der Waals surface area contributed by atoms with Crippen molar-refractivity contribution in [2.24, 2.45) is 7.05 Å². The van der Waals surface area contributed by atoms with Crippen molar-refractivity contribution < 1.29 is 14.6 Å². The maximum Gasteiger partial charge on any atom is 0.238 e. The van der Waals surface area contributed by atoms with E-state index in [1.807, 2.05) is 33.0 Å². The summed E-state index contributed by atoms with van der Waals surface area (Å²) < 4.78 is 7.52. The summed E-state index contributed by atoms with van der Waals surface area (Å²) in [5.41, 5.74) is 1.64. The number of likely N-dealkylation sites (tertiary alicyclic amines) is 1. The van der Waals surface area contributed by atoms with Crippen LogP contribution in [0.2, 0.25) is 5.02 Å². The van der Waals surface area contributed by atoms with E-state index >= 15 is 0 Å². The molecule has 0 aliphatic carbocycles. The molecule has 0 spiro atoms. The van der Waals surface area contributed by atoms with Crippen molar-refractivity contribution in [2.75, 3.05) is 31.6 Å². The Labute approximate surface area is 176 Å². The molecule has 1 aliphatic heterocycles. The number of nitrogens with zero attached hydrogens (tertiary/aromatic N) is 3. The number of halogens is 1. The van der Waals surface area contributed by atoms with E-state index in [1.54, 1.807) is 16.9 Å². The summed E-state index contributed by atoms with van der Waals surface area (Å²) in [6.45, 7) is 5.69. The molecule has 2 N–H and O–H groups in total. The van der Waals surface area contributed by atoms with Gasteiger partial charge < -0.3 is 15.2 Å². The third kappa shape index (κ3) is 5.95. The van der Waals surface area contributed by atoms with Gasteiger partial charge in [0.1, 0.15) is 12.4 Å². The number of hydrogen-bond acceptors (Lipinski definition) is 5. The standard InChI is InChI=1S/C21H29ClN4O3/c1-15-5-6-17(22)19(11-15)29-14-21(28)7-4-9-26(10-8-21)13-20(27)23-18-12-25(3)24-16(18)2/h5-6,11-12,28H,4,7-10,13-14H2,1-3H3,(H,23,27). The van der Waals surface area contributed by atoms with Gasteiger partial charge in [-0.15, -0.1) is 0 Å². The molecule has 1 fully saturated rings. The number of anilines is 1. The van der Waals surface area contributed by atoms with Crippen LogP contribution in [0.3, 0.4) is 0 Å². The lowest BCUT2D eigenvalue weighted by Gasteiger charge is -2.27. The van der Waals surface area contributed by atoms with Crippen molar-refractivity contribution in [3.8, 4) is 5.75 Å². The normalized spacial score (nSPS) is 20.3. The summed E-state index contributed by atoms with van der Waals surface area (Å²) in [7, 11) is 1.82. The zero-order chi connectivity index (χ0) is 21.0. The number of carbonyl (C=O) groups is 1. The molecule has 1 aliphatic rings. The van der Waals surface area contributed by atoms with E-state index in [9.17, 15) is 9.90 Å². The Morgan fingerprint density at radius 1 is 1.34 bits per heavy atom. The molecule has 1 aromatic carbocycles. The molecule has 2 aromatic rings. The minimum atomic E-state index is -0.932. The molecule has 0 radical (unpaired) electrons. The fourth-order valence-electron chi connectivity index (χ4n) is 3.59. The predicted molar refractivity (Wildman–Crippen MR) is 113 cm³/mol. The second-order valence-corrected chi connectivity index (χ2v) is 8.33. The summed E-state index contributed by atoms with van der Waals surface area (Å²) in [6, 6.07) is 5.60. The van der Waals surface area contributed by atoms with Crippen LogP contribution in [-0.4, -0.2) is 57.5 Å². The number of rotatable bonds is 6. The summed E-state index contributed by atoms with van der Waals surface area (Å²) in [5.74, 6) is 0.516. The summed E-state index contributed by atoms with van der Waals surface area (Å²) in [6.07, 6.45) is 3.74. The molecule has 29 heavy (non-hydrogen) atoms. The molecular weight excluding hydrogens is 392 g/mol. The quantitative estimate of drug-likeness (QED) is 0.751. The highest BCUT2D eigenvalue weighted by Crippen LogP contribution is 2.29. The number of nitrogens with one attached hydrogen (secondary N) is 1. The van der Waals surface area contributed by atoms with Gasteiger partial charge in [-0.2, -0.15) is 5.10 Å². The highest BCUT2D eigenvalue weighted by Gasteiger charge is 2.32. The zero-order valence-electron chi connectivity index (χ0n) is 17.2. The number of benzene rings is 1. The summed E-state index contributed by atoms with van der Waals surface area (Å²) in [5, 5.41) is 18.7. The Hall–Kier alpha value is -2.09. The van der Waals surface area contributed by atoms with Crippen LogP contribution >= 0.6 is 11.6 Å². The van der Waals surface area contributed by atoms with E-state index in [2.05, 4.69) is 15.3 Å². The van der Waals surface area contributed by atoms with Crippen molar-refractivity contribution in [1.82, 2.24) is 14.7 Å². The molecule has 0 bridgehead atoms. The number of aryl methyl sites for hydroxylation is 3. The van der Waals surface area contributed by atoms with Gasteiger partial charge in [0.05, 0.1) is 28.5 Å².